The second-order valence-corrected chi connectivity index (χ2v) is 5.93. The predicted molar refractivity (Wildman–Crippen MR) is 86.8 cm³/mol. The third-order valence-corrected chi connectivity index (χ3v) is 4.44. The number of ether oxygens (including phenoxy) is 1. The van der Waals surface area contributed by atoms with Crippen molar-refractivity contribution in [3.8, 4) is 5.75 Å². The molecule has 1 fully saturated rings. The van der Waals surface area contributed by atoms with E-state index in [0.29, 0.717) is 5.75 Å². The van der Waals surface area contributed by atoms with Gasteiger partial charge in [0, 0.05) is 12.0 Å². The molecule has 0 saturated carbocycles. The lowest BCUT2D eigenvalue weighted by Gasteiger charge is -2.32. The van der Waals surface area contributed by atoms with Gasteiger partial charge in [0.25, 0.3) is 0 Å². The number of benzene rings is 1. The van der Waals surface area contributed by atoms with Crippen molar-refractivity contribution in [3.63, 3.8) is 0 Å². The van der Waals surface area contributed by atoms with Crippen LogP contribution in [0.15, 0.2) is 24.3 Å². The summed E-state index contributed by atoms with van der Waals surface area (Å²) in [7, 11) is 0. The number of hydrogen-bond acceptors (Lipinski definition) is 4. The van der Waals surface area contributed by atoms with Gasteiger partial charge in [0.15, 0.2) is 0 Å². The molecule has 23 heavy (non-hydrogen) atoms. The molecular formula is C17H24N2O4. The van der Waals surface area contributed by atoms with E-state index >= 15 is 0 Å². The largest absolute Gasteiger partial charge is 0.480 e. The lowest BCUT2D eigenvalue weighted by molar-refractivity contribution is -0.135. The van der Waals surface area contributed by atoms with Gasteiger partial charge in [-0.15, -0.1) is 0 Å². The number of carbonyl (C=O) groups excluding carboxylic acids is 1. The van der Waals surface area contributed by atoms with E-state index in [4.69, 9.17) is 9.84 Å². The topological polar surface area (TPSA) is 87.7 Å². The number of carboxylic acid groups (broad SMARTS) is 1. The number of hydrogen-bond donors (Lipinski definition) is 3. The maximum Gasteiger partial charge on any atom is 0.413 e. The van der Waals surface area contributed by atoms with Crippen molar-refractivity contribution in [2.75, 3.05) is 19.6 Å². The first-order valence-corrected chi connectivity index (χ1v) is 8.04. The molecule has 1 aromatic rings. The molecule has 0 aliphatic carbocycles. The molecule has 6 nitrogen and oxygen atoms in total. The van der Waals surface area contributed by atoms with Crippen molar-refractivity contribution < 1.29 is 19.4 Å². The Hall–Kier alpha value is -2.08. The molecule has 1 heterocycles. The van der Waals surface area contributed by atoms with Crippen LogP contribution in [-0.2, 0) is 10.2 Å². The van der Waals surface area contributed by atoms with Crippen LogP contribution in [0.1, 0.15) is 38.2 Å². The summed E-state index contributed by atoms with van der Waals surface area (Å²) in [6, 6.07) is 7.53. The third kappa shape index (κ3) is 4.69. The van der Waals surface area contributed by atoms with Gasteiger partial charge in [-0.05, 0) is 43.5 Å². The SMILES string of the molecule is CCC1(c2cccc(OC(=O)NCC(=O)O)c2)CCCCNC1. The van der Waals surface area contributed by atoms with Gasteiger partial charge in [-0.1, -0.05) is 25.5 Å². The lowest BCUT2D eigenvalue weighted by atomic mass is 9.74. The fourth-order valence-corrected chi connectivity index (χ4v) is 3.06. The molecular weight excluding hydrogens is 296 g/mol. The van der Waals surface area contributed by atoms with Crippen LogP contribution >= 0.6 is 0 Å². The van der Waals surface area contributed by atoms with Crippen LogP contribution in [0.2, 0.25) is 0 Å². The molecule has 0 spiro atoms. The number of rotatable bonds is 5. The number of amides is 1. The highest BCUT2D eigenvalue weighted by atomic mass is 16.6. The van der Waals surface area contributed by atoms with Gasteiger partial charge >= 0.3 is 12.1 Å². The van der Waals surface area contributed by atoms with E-state index in [2.05, 4.69) is 23.6 Å². The quantitative estimate of drug-likeness (QED) is 0.775. The van der Waals surface area contributed by atoms with Crippen molar-refractivity contribution in [1.29, 1.82) is 0 Å². The summed E-state index contributed by atoms with van der Waals surface area (Å²) in [5.41, 5.74) is 1.20. The maximum absolute atomic E-state index is 11.6. The summed E-state index contributed by atoms with van der Waals surface area (Å²) >= 11 is 0. The lowest BCUT2D eigenvalue weighted by Crippen LogP contribution is -2.36. The minimum atomic E-state index is -1.11. The maximum atomic E-state index is 11.6. The molecule has 6 heteroatoms. The molecule has 0 aromatic heterocycles. The molecule has 1 aliphatic heterocycles. The number of aliphatic carboxylic acids is 1. The molecule has 1 atom stereocenters. The summed E-state index contributed by atoms with van der Waals surface area (Å²) in [5.74, 6) is -0.673. The molecule has 1 saturated heterocycles. The van der Waals surface area contributed by atoms with E-state index in [-0.39, 0.29) is 5.41 Å². The Morgan fingerprint density at radius 2 is 2.22 bits per heavy atom. The first-order valence-electron chi connectivity index (χ1n) is 8.04. The fourth-order valence-electron chi connectivity index (χ4n) is 3.06. The summed E-state index contributed by atoms with van der Waals surface area (Å²) < 4.78 is 5.18. The van der Waals surface area contributed by atoms with Gasteiger partial charge in [-0.2, -0.15) is 0 Å². The smallest absolute Gasteiger partial charge is 0.413 e. The number of nitrogens with one attached hydrogen (secondary N) is 2. The third-order valence-electron chi connectivity index (χ3n) is 4.44. The highest BCUT2D eigenvalue weighted by Gasteiger charge is 2.31. The van der Waals surface area contributed by atoms with E-state index in [1.807, 2.05) is 12.1 Å². The van der Waals surface area contributed by atoms with Crippen LogP contribution in [-0.4, -0.2) is 36.8 Å². The zero-order chi connectivity index (χ0) is 16.7. The van der Waals surface area contributed by atoms with Crippen molar-refractivity contribution in [2.24, 2.45) is 0 Å². The molecule has 1 aliphatic rings. The second-order valence-electron chi connectivity index (χ2n) is 5.93. The Kier molecular flexibility index (Phi) is 5.98. The summed E-state index contributed by atoms with van der Waals surface area (Å²) in [4.78, 5) is 22.1. The van der Waals surface area contributed by atoms with Crippen LogP contribution in [0.5, 0.6) is 5.75 Å². The Bertz CT molecular complexity index is 551. The molecule has 0 radical (unpaired) electrons. The van der Waals surface area contributed by atoms with E-state index in [9.17, 15) is 9.59 Å². The second kappa shape index (κ2) is 7.97. The minimum absolute atomic E-state index is 0.0490. The molecule has 1 unspecified atom stereocenters. The van der Waals surface area contributed by atoms with Gasteiger partial charge in [0.1, 0.15) is 12.3 Å². The van der Waals surface area contributed by atoms with Gasteiger partial charge in [-0.25, -0.2) is 4.79 Å². The molecule has 1 amide bonds. The number of carbonyl (C=O) groups is 2. The monoisotopic (exact) mass is 320 g/mol. The molecule has 3 N–H and O–H groups in total. The summed E-state index contributed by atoms with van der Waals surface area (Å²) in [5, 5.41) is 14.2. The Morgan fingerprint density at radius 3 is 2.96 bits per heavy atom. The van der Waals surface area contributed by atoms with Crippen LogP contribution < -0.4 is 15.4 Å². The Balaban J connectivity index is 2.11. The molecule has 1 aromatic carbocycles. The van der Waals surface area contributed by atoms with Crippen LogP contribution in [0.25, 0.3) is 0 Å². The van der Waals surface area contributed by atoms with E-state index in [0.717, 1.165) is 31.5 Å². The van der Waals surface area contributed by atoms with E-state index < -0.39 is 18.6 Å². The minimum Gasteiger partial charge on any atom is -0.480 e. The van der Waals surface area contributed by atoms with Gasteiger partial charge in [0.2, 0.25) is 0 Å². The Morgan fingerprint density at radius 1 is 1.39 bits per heavy atom. The highest BCUT2D eigenvalue weighted by molar-refractivity contribution is 5.77. The van der Waals surface area contributed by atoms with Gasteiger partial charge in [-0.3, -0.25) is 4.79 Å². The molecule has 2 rings (SSSR count). The first kappa shape index (κ1) is 17.3. The average molecular weight is 320 g/mol. The standard InChI is InChI=1S/C17H24N2O4/c1-2-17(8-3-4-9-18-12-17)13-6-5-7-14(10-13)23-16(22)19-11-15(20)21/h5-7,10,18H,2-4,8-9,11-12H2,1H3,(H,19,22)(H,20,21). The first-order chi connectivity index (χ1) is 11.1. The van der Waals surface area contributed by atoms with Gasteiger partial charge in [0.05, 0.1) is 0 Å². The van der Waals surface area contributed by atoms with Crippen molar-refractivity contribution in [1.82, 2.24) is 10.6 Å². The van der Waals surface area contributed by atoms with Crippen LogP contribution in [0.3, 0.4) is 0 Å². The average Bonchev–Trinajstić information content (AvgIpc) is 2.80. The zero-order valence-corrected chi connectivity index (χ0v) is 13.4. The summed E-state index contributed by atoms with van der Waals surface area (Å²) in [6.07, 6.45) is 3.70. The number of carboxylic acids is 1. The molecule has 126 valence electrons. The fraction of sp³-hybridized carbons (Fsp3) is 0.529. The highest BCUT2D eigenvalue weighted by Crippen LogP contribution is 2.35. The van der Waals surface area contributed by atoms with Crippen LogP contribution in [0, 0.1) is 0 Å². The van der Waals surface area contributed by atoms with E-state index in [1.165, 1.54) is 12.8 Å². The van der Waals surface area contributed by atoms with Crippen molar-refractivity contribution in [2.45, 2.75) is 38.0 Å². The van der Waals surface area contributed by atoms with E-state index in [1.54, 1.807) is 6.07 Å². The van der Waals surface area contributed by atoms with Crippen LogP contribution in [0.4, 0.5) is 4.79 Å². The summed E-state index contributed by atoms with van der Waals surface area (Å²) in [6.45, 7) is 3.68. The Labute approximate surface area is 136 Å². The van der Waals surface area contributed by atoms with Gasteiger partial charge < -0.3 is 20.5 Å². The van der Waals surface area contributed by atoms with Crippen molar-refractivity contribution >= 4 is 12.1 Å². The molecule has 0 bridgehead atoms. The normalized spacial score (nSPS) is 21.3. The zero-order valence-electron chi connectivity index (χ0n) is 13.4. The van der Waals surface area contributed by atoms with Crippen molar-refractivity contribution in [3.05, 3.63) is 29.8 Å². The predicted octanol–water partition coefficient (Wildman–Crippen LogP) is 2.28.